The lowest BCUT2D eigenvalue weighted by Gasteiger charge is -2.09. The van der Waals surface area contributed by atoms with Crippen LogP contribution in [0, 0.1) is 13.8 Å². The van der Waals surface area contributed by atoms with Gasteiger partial charge in [-0.05, 0) is 55.8 Å². The second-order valence-corrected chi connectivity index (χ2v) is 7.90. The second-order valence-electron chi connectivity index (χ2n) is 5.81. The Hall–Kier alpha value is -2.64. The molecule has 2 N–H and O–H groups in total. The van der Waals surface area contributed by atoms with E-state index in [4.69, 9.17) is 11.6 Å². The molecule has 0 atom stereocenters. The molecule has 26 heavy (non-hydrogen) atoms. The normalized spacial score (nSPS) is 11.2. The van der Waals surface area contributed by atoms with Gasteiger partial charge in [0.15, 0.2) is 11.6 Å². The van der Waals surface area contributed by atoms with Gasteiger partial charge in [-0.2, -0.15) is 0 Å². The van der Waals surface area contributed by atoms with Crippen LogP contribution >= 0.6 is 11.6 Å². The number of halogens is 1. The minimum atomic E-state index is -3.70. The van der Waals surface area contributed by atoms with Gasteiger partial charge in [-0.1, -0.05) is 35.4 Å². The standard InChI is InChI=1S/C18H17ClN4O2S/c1-12-3-7-15(8-4-12)26(24,25)23-18-10-9-17(21-22-18)20-14-6-5-13(2)16(19)11-14/h3-11H,1-2H3,(H,20,21)(H,22,23). The molecule has 0 fully saturated rings. The fourth-order valence-corrected chi connectivity index (χ4v) is 3.36. The Labute approximate surface area is 157 Å². The van der Waals surface area contributed by atoms with Gasteiger partial charge in [0, 0.05) is 10.7 Å². The topological polar surface area (TPSA) is 84.0 Å². The van der Waals surface area contributed by atoms with Gasteiger partial charge in [0.25, 0.3) is 10.0 Å². The van der Waals surface area contributed by atoms with Crippen molar-refractivity contribution in [3.05, 3.63) is 70.7 Å². The summed E-state index contributed by atoms with van der Waals surface area (Å²) in [5, 5.41) is 11.6. The predicted octanol–water partition coefficient (Wildman–Crippen LogP) is 4.29. The number of anilines is 3. The summed E-state index contributed by atoms with van der Waals surface area (Å²) in [4.78, 5) is 0.168. The Bertz CT molecular complexity index is 1020. The second kappa shape index (κ2) is 7.31. The third kappa shape index (κ3) is 4.30. The molecule has 0 bridgehead atoms. The number of aryl methyl sites for hydroxylation is 2. The first-order valence-corrected chi connectivity index (χ1v) is 9.66. The monoisotopic (exact) mass is 388 g/mol. The van der Waals surface area contributed by atoms with Crippen LogP contribution in [0.4, 0.5) is 17.3 Å². The van der Waals surface area contributed by atoms with Gasteiger partial charge >= 0.3 is 0 Å². The summed E-state index contributed by atoms with van der Waals surface area (Å²) in [5.74, 6) is 0.612. The molecule has 0 unspecified atom stereocenters. The van der Waals surface area contributed by atoms with E-state index >= 15 is 0 Å². The largest absolute Gasteiger partial charge is 0.339 e. The Morgan fingerprint density at radius 3 is 2.15 bits per heavy atom. The summed E-state index contributed by atoms with van der Waals surface area (Å²) >= 11 is 6.09. The van der Waals surface area contributed by atoms with Crippen LogP contribution in [0.25, 0.3) is 0 Å². The van der Waals surface area contributed by atoms with Crippen LogP contribution in [0.1, 0.15) is 11.1 Å². The Morgan fingerprint density at radius 1 is 0.885 bits per heavy atom. The van der Waals surface area contributed by atoms with Crippen LogP contribution in [0.2, 0.25) is 5.02 Å². The molecule has 1 aromatic heterocycles. The highest BCUT2D eigenvalue weighted by Crippen LogP contribution is 2.22. The van der Waals surface area contributed by atoms with Crippen molar-refractivity contribution in [2.75, 3.05) is 10.0 Å². The first kappa shape index (κ1) is 18.2. The van der Waals surface area contributed by atoms with Crippen molar-refractivity contribution < 1.29 is 8.42 Å². The number of nitrogens with one attached hydrogen (secondary N) is 2. The van der Waals surface area contributed by atoms with Gasteiger partial charge in [0.05, 0.1) is 4.90 Å². The van der Waals surface area contributed by atoms with Crippen molar-refractivity contribution in [2.45, 2.75) is 18.7 Å². The number of aromatic nitrogens is 2. The molecule has 0 aliphatic heterocycles. The molecular formula is C18H17ClN4O2S. The third-order valence-electron chi connectivity index (χ3n) is 3.68. The molecule has 0 amide bonds. The van der Waals surface area contributed by atoms with Crippen LogP contribution in [0.15, 0.2) is 59.5 Å². The highest BCUT2D eigenvalue weighted by atomic mass is 35.5. The molecule has 0 aliphatic carbocycles. The molecule has 0 saturated heterocycles. The molecule has 0 radical (unpaired) electrons. The molecule has 0 aliphatic rings. The van der Waals surface area contributed by atoms with E-state index < -0.39 is 10.0 Å². The SMILES string of the molecule is Cc1ccc(S(=O)(=O)Nc2ccc(Nc3ccc(C)c(Cl)c3)nn2)cc1. The van der Waals surface area contributed by atoms with E-state index in [0.29, 0.717) is 10.8 Å². The van der Waals surface area contributed by atoms with Gasteiger partial charge in [-0.25, -0.2) is 8.42 Å². The lowest BCUT2D eigenvalue weighted by atomic mass is 10.2. The summed E-state index contributed by atoms with van der Waals surface area (Å²) < 4.78 is 27.1. The van der Waals surface area contributed by atoms with E-state index in [2.05, 4.69) is 20.2 Å². The lowest BCUT2D eigenvalue weighted by Crippen LogP contribution is -2.14. The summed E-state index contributed by atoms with van der Waals surface area (Å²) in [6, 6.07) is 15.3. The fraction of sp³-hybridized carbons (Fsp3) is 0.111. The fourth-order valence-electron chi connectivity index (χ4n) is 2.19. The molecule has 8 heteroatoms. The zero-order valence-electron chi connectivity index (χ0n) is 14.2. The van der Waals surface area contributed by atoms with Gasteiger partial charge in [-0.3, -0.25) is 4.72 Å². The minimum Gasteiger partial charge on any atom is -0.339 e. The zero-order chi connectivity index (χ0) is 18.7. The Morgan fingerprint density at radius 2 is 1.54 bits per heavy atom. The van der Waals surface area contributed by atoms with Gasteiger partial charge in [0.1, 0.15) is 0 Å². The van der Waals surface area contributed by atoms with E-state index in [9.17, 15) is 8.42 Å². The quantitative estimate of drug-likeness (QED) is 0.681. The van der Waals surface area contributed by atoms with Crippen LogP contribution in [0.5, 0.6) is 0 Å². The zero-order valence-corrected chi connectivity index (χ0v) is 15.8. The van der Waals surface area contributed by atoms with Crippen molar-refractivity contribution in [3.63, 3.8) is 0 Å². The van der Waals surface area contributed by atoms with Crippen molar-refractivity contribution in [1.82, 2.24) is 10.2 Å². The number of hydrogen-bond acceptors (Lipinski definition) is 5. The lowest BCUT2D eigenvalue weighted by molar-refractivity contribution is 0.601. The maximum absolute atomic E-state index is 12.3. The molecule has 2 aromatic carbocycles. The maximum Gasteiger partial charge on any atom is 0.263 e. The van der Waals surface area contributed by atoms with E-state index in [-0.39, 0.29) is 10.7 Å². The summed E-state index contributed by atoms with van der Waals surface area (Å²) in [7, 11) is -3.70. The van der Waals surface area contributed by atoms with Crippen LogP contribution in [-0.4, -0.2) is 18.6 Å². The molecule has 1 heterocycles. The molecule has 0 spiro atoms. The Kier molecular flexibility index (Phi) is 5.11. The molecule has 3 rings (SSSR count). The number of rotatable bonds is 5. The molecule has 3 aromatic rings. The van der Waals surface area contributed by atoms with E-state index in [0.717, 1.165) is 16.8 Å². The van der Waals surface area contributed by atoms with E-state index in [1.165, 1.54) is 6.07 Å². The summed E-state index contributed by atoms with van der Waals surface area (Å²) in [6.45, 7) is 3.81. The third-order valence-corrected chi connectivity index (χ3v) is 5.46. The van der Waals surface area contributed by atoms with Crippen LogP contribution in [0.3, 0.4) is 0 Å². The maximum atomic E-state index is 12.3. The van der Waals surface area contributed by atoms with Crippen molar-refractivity contribution in [3.8, 4) is 0 Å². The number of sulfonamides is 1. The molecule has 6 nitrogen and oxygen atoms in total. The molecular weight excluding hydrogens is 372 g/mol. The minimum absolute atomic E-state index is 0.137. The summed E-state index contributed by atoms with van der Waals surface area (Å²) in [5.41, 5.74) is 2.72. The molecule has 134 valence electrons. The smallest absolute Gasteiger partial charge is 0.263 e. The van der Waals surface area contributed by atoms with Crippen molar-refractivity contribution in [2.24, 2.45) is 0 Å². The number of benzene rings is 2. The van der Waals surface area contributed by atoms with E-state index in [1.54, 1.807) is 36.4 Å². The van der Waals surface area contributed by atoms with Crippen LogP contribution in [-0.2, 0) is 10.0 Å². The van der Waals surface area contributed by atoms with Gasteiger partial charge in [-0.15, -0.1) is 10.2 Å². The van der Waals surface area contributed by atoms with Crippen molar-refractivity contribution >= 4 is 38.9 Å². The van der Waals surface area contributed by atoms with Gasteiger partial charge in [0.2, 0.25) is 0 Å². The number of hydrogen-bond donors (Lipinski definition) is 2. The first-order chi connectivity index (χ1) is 12.3. The first-order valence-electron chi connectivity index (χ1n) is 7.80. The van der Waals surface area contributed by atoms with Crippen LogP contribution < -0.4 is 10.0 Å². The highest BCUT2D eigenvalue weighted by molar-refractivity contribution is 7.92. The average molecular weight is 389 g/mol. The highest BCUT2D eigenvalue weighted by Gasteiger charge is 2.14. The van der Waals surface area contributed by atoms with Crippen molar-refractivity contribution in [1.29, 1.82) is 0 Å². The predicted molar refractivity (Wildman–Crippen MR) is 103 cm³/mol. The summed E-state index contributed by atoms with van der Waals surface area (Å²) in [6.07, 6.45) is 0. The Balaban J connectivity index is 1.73. The average Bonchev–Trinajstić information content (AvgIpc) is 2.60. The van der Waals surface area contributed by atoms with E-state index in [1.807, 2.05) is 26.0 Å². The van der Waals surface area contributed by atoms with Gasteiger partial charge < -0.3 is 5.32 Å². The molecule has 0 saturated carbocycles. The number of nitrogens with zero attached hydrogens (tertiary/aromatic N) is 2.